The fourth-order valence-electron chi connectivity index (χ4n) is 5.76. The Morgan fingerprint density at radius 2 is 1.78 bits per heavy atom. The first kappa shape index (κ1) is 27.5. The highest BCUT2D eigenvalue weighted by atomic mass is 16.5. The Kier molecular flexibility index (Phi) is 8.56. The Morgan fingerprint density at radius 1 is 1.11 bits per heavy atom. The molecule has 0 bridgehead atoms. The summed E-state index contributed by atoms with van der Waals surface area (Å²) >= 11 is 0. The lowest BCUT2D eigenvalue weighted by atomic mass is 9.87. The number of nitrogens with one attached hydrogen (secondary N) is 2. The van der Waals surface area contributed by atoms with E-state index in [0.29, 0.717) is 18.5 Å². The fourth-order valence-corrected chi connectivity index (χ4v) is 5.76. The molecule has 4 atom stereocenters. The normalized spacial score (nSPS) is 25.3. The summed E-state index contributed by atoms with van der Waals surface area (Å²) in [5.74, 6) is -0.587. The number of rotatable bonds is 8. The van der Waals surface area contributed by atoms with Crippen molar-refractivity contribution in [3.05, 3.63) is 29.8 Å². The number of benzene rings is 1. The molecule has 0 spiro atoms. The highest BCUT2D eigenvalue weighted by molar-refractivity contribution is 5.99. The van der Waals surface area contributed by atoms with Gasteiger partial charge in [-0.05, 0) is 56.1 Å². The lowest BCUT2D eigenvalue weighted by Crippen LogP contribution is -2.53. The van der Waals surface area contributed by atoms with Gasteiger partial charge in [0.1, 0.15) is 24.8 Å². The number of likely N-dealkylation sites (tertiary alicyclic amines) is 1. The Labute approximate surface area is 220 Å². The predicted molar refractivity (Wildman–Crippen MR) is 144 cm³/mol. The molecule has 3 saturated heterocycles. The number of Topliss-reactive ketones (excluding diaryl/α,β-unsaturated/α-hetero) is 1. The van der Waals surface area contributed by atoms with Crippen molar-refractivity contribution in [2.24, 2.45) is 5.41 Å². The molecule has 3 fully saturated rings. The Bertz CT molecular complexity index is 968. The Morgan fingerprint density at radius 3 is 2.38 bits per heavy atom. The van der Waals surface area contributed by atoms with E-state index < -0.39 is 12.1 Å². The van der Waals surface area contributed by atoms with Crippen LogP contribution in [-0.4, -0.2) is 105 Å². The third-order valence-electron chi connectivity index (χ3n) is 7.67. The molecule has 3 aliphatic heterocycles. The fraction of sp³-hybridized carbons (Fsp3) is 0.679. The maximum absolute atomic E-state index is 13.7. The second-order valence-corrected chi connectivity index (χ2v) is 11.7. The molecule has 9 nitrogen and oxygen atoms in total. The maximum atomic E-state index is 13.7. The largest absolute Gasteiger partial charge is 0.369 e. The summed E-state index contributed by atoms with van der Waals surface area (Å²) in [5, 5.41) is 6.16. The molecule has 3 heterocycles. The first-order valence-electron chi connectivity index (χ1n) is 13.6. The number of hydrogen-bond donors (Lipinski definition) is 2. The number of likely N-dealkylation sites (N-methyl/N-ethyl adjacent to an activating group) is 1. The van der Waals surface area contributed by atoms with Gasteiger partial charge in [0.15, 0.2) is 5.78 Å². The van der Waals surface area contributed by atoms with Crippen LogP contribution in [0.3, 0.4) is 0 Å². The first-order chi connectivity index (χ1) is 17.6. The van der Waals surface area contributed by atoms with Gasteiger partial charge in [0.25, 0.3) is 5.91 Å². The first-order valence-corrected chi connectivity index (χ1v) is 13.6. The van der Waals surface area contributed by atoms with E-state index in [2.05, 4.69) is 27.4 Å². The standard InChI is InChI=1S/C28H43N5O4/c1-6-11-31-12-14-32(15-13-31)20-9-7-19(8-10-20)26(35)30-21(16-28(2,3)4)27(36)33-17-22(29-5)25-24(33)23(34)18-37-25/h7-10,21-22,24-25,29H,6,11-18H2,1-5H3,(H,30,35)/t21?,22-,24+,25+/m0/s1. The summed E-state index contributed by atoms with van der Waals surface area (Å²) in [6, 6.07) is 6.20. The third kappa shape index (κ3) is 6.33. The zero-order valence-electron chi connectivity index (χ0n) is 23.0. The summed E-state index contributed by atoms with van der Waals surface area (Å²) in [6.45, 7) is 13.9. The Balaban J connectivity index is 1.44. The lowest BCUT2D eigenvalue weighted by molar-refractivity contribution is -0.138. The topological polar surface area (TPSA) is 94.2 Å². The van der Waals surface area contributed by atoms with Gasteiger partial charge in [0.2, 0.25) is 5.91 Å². The van der Waals surface area contributed by atoms with E-state index >= 15 is 0 Å². The number of nitrogens with zero attached hydrogens (tertiary/aromatic N) is 3. The molecule has 1 aromatic carbocycles. The number of hydrogen-bond acceptors (Lipinski definition) is 7. The minimum Gasteiger partial charge on any atom is -0.369 e. The van der Waals surface area contributed by atoms with Crippen molar-refractivity contribution in [1.29, 1.82) is 0 Å². The van der Waals surface area contributed by atoms with Gasteiger partial charge in [-0.1, -0.05) is 27.7 Å². The van der Waals surface area contributed by atoms with Crippen LogP contribution < -0.4 is 15.5 Å². The minimum atomic E-state index is -0.733. The zero-order chi connectivity index (χ0) is 26.7. The van der Waals surface area contributed by atoms with Crippen LogP contribution in [0.15, 0.2) is 24.3 Å². The lowest BCUT2D eigenvalue weighted by Gasteiger charge is -2.36. The number of piperazine rings is 1. The van der Waals surface area contributed by atoms with E-state index in [0.717, 1.165) is 38.4 Å². The number of ether oxygens (including phenoxy) is 1. The van der Waals surface area contributed by atoms with E-state index in [-0.39, 0.29) is 41.8 Å². The molecule has 37 heavy (non-hydrogen) atoms. The average Bonchev–Trinajstić information content (AvgIpc) is 3.43. The van der Waals surface area contributed by atoms with E-state index in [4.69, 9.17) is 4.74 Å². The van der Waals surface area contributed by atoms with E-state index in [1.165, 1.54) is 6.42 Å². The molecule has 0 aromatic heterocycles. The molecule has 9 heteroatoms. The molecule has 1 unspecified atom stereocenters. The average molecular weight is 514 g/mol. The summed E-state index contributed by atoms with van der Waals surface area (Å²) < 4.78 is 5.68. The molecule has 2 amide bonds. The number of amides is 2. The van der Waals surface area contributed by atoms with Gasteiger partial charge in [0, 0.05) is 44.0 Å². The molecule has 0 radical (unpaired) electrons. The van der Waals surface area contributed by atoms with Gasteiger partial charge in [-0.25, -0.2) is 0 Å². The smallest absolute Gasteiger partial charge is 0.251 e. The molecular weight excluding hydrogens is 470 g/mol. The number of ketones is 1. The van der Waals surface area contributed by atoms with Gasteiger partial charge in [-0.2, -0.15) is 0 Å². The van der Waals surface area contributed by atoms with Crippen molar-refractivity contribution in [3.8, 4) is 0 Å². The second-order valence-electron chi connectivity index (χ2n) is 11.7. The van der Waals surface area contributed by atoms with Crippen molar-refractivity contribution in [2.45, 2.75) is 64.8 Å². The van der Waals surface area contributed by atoms with Crippen LogP contribution >= 0.6 is 0 Å². The SMILES string of the molecule is CCCN1CCN(c2ccc(C(=O)NC(CC(C)(C)C)C(=O)N3C[C@H](NC)[C@H]4OCC(=O)[C@H]43)cc2)CC1. The van der Waals surface area contributed by atoms with Crippen LogP contribution in [-0.2, 0) is 14.3 Å². The number of carbonyl (C=O) groups is 3. The van der Waals surface area contributed by atoms with Gasteiger partial charge >= 0.3 is 0 Å². The predicted octanol–water partition coefficient (Wildman–Crippen LogP) is 1.52. The third-order valence-corrected chi connectivity index (χ3v) is 7.67. The second kappa shape index (κ2) is 11.5. The molecule has 204 valence electrons. The van der Waals surface area contributed by atoms with Gasteiger partial charge < -0.3 is 25.2 Å². The van der Waals surface area contributed by atoms with Gasteiger partial charge in [-0.15, -0.1) is 0 Å². The summed E-state index contributed by atoms with van der Waals surface area (Å²) in [4.78, 5) is 46.0. The molecule has 4 rings (SSSR count). The quantitative estimate of drug-likeness (QED) is 0.544. The van der Waals surface area contributed by atoms with Gasteiger partial charge in [0.05, 0.1) is 6.04 Å². The van der Waals surface area contributed by atoms with Crippen LogP contribution in [0, 0.1) is 5.41 Å². The van der Waals surface area contributed by atoms with Crippen molar-refractivity contribution in [2.75, 3.05) is 57.8 Å². The molecular formula is C28H43N5O4. The molecule has 3 aliphatic rings. The van der Waals surface area contributed by atoms with Crippen LogP contribution in [0.5, 0.6) is 0 Å². The van der Waals surface area contributed by atoms with Crippen molar-refractivity contribution in [3.63, 3.8) is 0 Å². The molecule has 2 N–H and O–H groups in total. The molecule has 0 aliphatic carbocycles. The highest BCUT2D eigenvalue weighted by Crippen LogP contribution is 2.30. The zero-order valence-corrected chi connectivity index (χ0v) is 23.0. The van der Waals surface area contributed by atoms with E-state index in [9.17, 15) is 14.4 Å². The summed E-state index contributed by atoms with van der Waals surface area (Å²) in [7, 11) is 1.81. The van der Waals surface area contributed by atoms with E-state index in [1.54, 1.807) is 4.90 Å². The monoisotopic (exact) mass is 513 g/mol. The summed E-state index contributed by atoms with van der Waals surface area (Å²) in [5.41, 5.74) is 1.43. The molecule has 0 saturated carbocycles. The minimum absolute atomic E-state index is 0.0214. The molecule has 1 aromatic rings. The highest BCUT2D eigenvalue weighted by Gasteiger charge is 2.52. The van der Waals surface area contributed by atoms with Crippen LogP contribution in [0.2, 0.25) is 0 Å². The maximum Gasteiger partial charge on any atom is 0.251 e. The van der Waals surface area contributed by atoms with Gasteiger partial charge in [-0.3, -0.25) is 19.3 Å². The van der Waals surface area contributed by atoms with Crippen molar-refractivity contribution >= 4 is 23.3 Å². The van der Waals surface area contributed by atoms with Crippen LogP contribution in [0.25, 0.3) is 0 Å². The Hall–Kier alpha value is -2.49. The van der Waals surface area contributed by atoms with Crippen molar-refractivity contribution in [1.82, 2.24) is 20.4 Å². The number of fused-ring (bicyclic) bond motifs is 1. The number of anilines is 1. The van der Waals surface area contributed by atoms with Crippen molar-refractivity contribution < 1.29 is 19.1 Å². The number of carbonyl (C=O) groups excluding carboxylic acids is 3. The van der Waals surface area contributed by atoms with E-state index in [1.807, 2.05) is 52.1 Å². The van der Waals surface area contributed by atoms with Crippen LogP contribution in [0.4, 0.5) is 5.69 Å². The summed E-state index contributed by atoms with van der Waals surface area (Å²) in [6.07, 6.45) is 1.29. The van der Waals surface area contributed by atoms with Crippen LogP contribution in [0.1, 0.15) is 50.9 Å².